The minimum atomic E-state index is -0.997. The van der Waals surface area contributed by atoms with Crippen molar-refractivity contribution in [3.63, 3.8) is 0 Å². The number of nitrogens with zero attached hydrogens (tertiary/aromatic N) is 1. The molecule has 0 fully saturated rings. The lowest BCUT2D eigenvalue weighted by atomic mass is 10.2. The van der Waals surface area contributed by atoms with Crippen LogP contribution in [0.5, 0.6) is 0 Å². The number of carboxylic acid groups (broad SMARTS) is 1. The highest BCUT2D eigenvalue weighted by molar-refractivity contribution is 6.27. The molecule has 2 heterocycles. The van der Waals surface area contributed by atoms with Crippen LogP contribution in [0.1, 0.15) is 10.4 Å². The van der Waals surface area contributed by atoms with Crippen molar-refractivity contribution in [1.82, 2.24) is 9.97 Å². The summed E-state index contributed by atoms with van der Waals surface area (Å²) in [5, 5.41) is 9.47. The zero-order valence-electron chi connectivity index (χ0n) is 6.34. The van der Waals surface area contributed by atoms with Gasteiger partial charge in [-0.3, -0.25) is 0 Å². The van der Waals surface area contributed by atoms with Crippen LogP contribution in [0.3, 0.4) is 0 Å². The van der Waals surface area contributed by atoms with Crippen LogP contribution in [0.25, 0.3) is 11.0 Å². The maximum Gasteiger partial charge on any atom is 0.395 e. The second-order valence-electron chi connectivity index (χ2n) is 2.46. The molecule has 5 nitrogen and oxygen atoms in total. The molecule has 0 aliphatic rings. The molecule has 0 aliphatic heterocycles. The highest BCUT2D eigenvalue weighted by atomic mass is 35.5. The Balaban J connectivity index is 2.76. The Kier molecular flexibility index (Phi) is 1.66. The molecule has 0 saturated heterocycles. The molecule has 0 bridgehead atoms. The lowest BCUT2D eigenvalue weighted by molar-refractivity contribution is -0.377. The van der Waals surface area contributed by atoms with E-state index in [0.717, 1.165) is 0 Å². The van der Waals surface area contributed by atoms with Crippen molar-refractivity contribution < 1.29 is 14.9 Å². The van der Waals surface area contributed by atoms with E-state index in [2.05, 4.69) is 15.0 Å². The van der Waals surface area contributed by atoms with Gasteiger partial charge >= 0.3 is 11.3 Å². The van der Waals surface area contributed by atoms with E-state index in [0.29, 0.717) is 11.0 Å². The van der Waals surface area contributed by atoms with Gasteiger partial charge < -0.3 is 10.1 Å². The van der Waals surface area contributed by atoms with Crippen molar-refractivity contribution in [3.8, 4) is 0 Å². The predicted octanol–water partition coefficient (Wildman–Crippen LogP) is 0.729. The molecule has 0 aromatic carbocycles. The number of hydrogen-bond donors (Lipinski definition) is 2. The van der Waals surface area contributed by atoms with Crippen LogP contribution < -0.4 is 4.98 Å². The summed E-state index contributed by atoms with van der Waals surface area (Å²) in [7, 11) is 0. The summed E-state index contributed by atoms with van der Waals surface area (Å²) in [4.78, 5) is 19.9. The van der Waals surface area contributed by atoms with Gasteiger partial charge in [-0.2, -0.15) is 0 Å². The number of carbonyl (C=O) groups is 1. The number of aromatic nitrogens is 3. The average Bonchev–Trinajstić information content (AvgIpc) is 2.46. The molecule has 6 heteroatoms. The fourth-order valence-electron chi connectivity index (χ4n) is 1.10. The quantitative estimate of drug-likeness (QED) is 0.663. The molecular weight excluding hydrogens is 194 g/mol. The van der Waals surface area contributed by atoms with Crippen LogP contribution >= 0.6 is 11.6 Å². The molecule has 0 radical (unpaired) electrons. The Morgan fingerprint density at radius 2 is 2.46 bits per heavy atom. The summed E-state index contributed by atoms with van der Waals surface area (Å²) >= 11 is 5.57. The number of aromatic amines is 2. The van der Waals surface area contributed by atoms with Crippen molar-refractivity contribution >= 4 is 28.6 Å². The monoisotopic (exact) mass is 198 g/mol. The van der Waals surface area contributed by atoms with Crippen LogP contribution in [-0.2, 0) is 0 Å². The van der Waals surface area contributed by atoms with Crippen LogP contribution in [0.15, 0.2) is 12.4 Å². The van der Waals surface area contributed by atoms with Gasteiger partial charge in [0.15, 0.2) is 0 Å². The number of carboxylic acids is 1. The van der Waals surface area contributed by atoms with Gasteiger partial charge in [0.1, 0.15) is 6.20 Å². The maximum absolute atomic E-state index is 10.7. The Labute approximate surface area is 77.4 Å². The van der Waals surface area contributed by atoms with E-state index < -0.39 is 5.97 Å². The van der Waals surface area contributed by atoms with E-state index in [4.69, 9.17) is 16.7 Å². The second kappa shape index (κ2) is 2.70. The second-order valence-corrected chi connectivity index (χ2v) is 2.82. The van der Waals surface area contributed by atoms with Gasteiger partial charge in [-0.15, -0.1) is 0 Å². The van der Waals surface area contributed by atoms with Crippen molar-refractivity contribution in [2.75, 3.05) is 0 Å². The fourth-order valence-corrected chi connectivity index (χ4v) is 1.24. The van der Waals surface area contributed by atoms with Gasteiger partial charge in [0.2, 0.25) is 0 Å². The summed E-state index contributed by atoms with van der Waals surface area (Å²) in [6.07, 6.45) is 2.88. The van der Waals surface area contributed by atoms with E-state index in [9.17, 15) is 4.79 Å². The molecule has 2 aromatic heterocycles. The molecule has 3 N–H and O–H groups in total. The van der Waals surface area contributed by atoms with Crippen LogP contribution in [0.4, 0.5) is 0 Å². The minimum absolute atomic E-state index is 0.176. The SMILES string of the molecule is O=C(O)c1c[nH]c2nc(Cl)[nH+]cc12. The third-order valence-electron chi connectivity index (χ3n) is 1.67. The minimum Gasteiger partial charge on any atom is -0.478 e. The lowest BCUT2D eigenvalue weighted by Crippen LogP contribution is -2.05. The average molecular weight is 199 g/mol. The third kappa shape index (κ3) is 1.23. The first-order valence-electron chi connectivity index (χ1n) is 3.47. The predicted molar refractivity (Wildman–Crippen MR) is 44.6 cm³/mol. The van der Waals surface area contributed by atoms with Crippen LogP contribution in [-0.4, -0.2) is 21.0 Å². The Morgan fingerprint density at radius 1 is 1.69 bits per heavy atom. The van der Waals surface area contributed by atoms with Crippen molar-refractivity contribution in [2.45, 2.75) is 0 Å². The van der Waals surface area contributed by atoms with Gasteiger partial charge in [0.05, 0.1) is 10.9 Å². The Bertz CT molecular complexity index is 480. The number of rotatable bonds is 1. The van der Waals surface area contributed by atoms with Gasteiger partial charge in [0, 0.05) is 17.8 Å². The normalized spacial score (nSPS) is 10.5. The third-order valence-corrected chi connectivity index (χ3v) is 1.87. The number of halogens is 1. The van der Waals surface area contributed by atoms with Gasteiger partial charge in [0.25, 0.3) is 5.65 Å². The highest BCUT2D eigenvalue weighted by Crippen LogP contribution is 2.14. The molecular formula is C7H5ClN3O2+. The van der Waals surface area contributed by atoms with Crippen LogP contribution in [0, 0.1) is 0 Å². The molecule has 0 unspecified atom stereocenters. The largest absolute Gasteiger partial charge is 0.478 e. The summed E-state index contributed by atoms with van der Waals surface area (Å²) in [5.41, 5.74) is 0.636. The number of H-pyrrole nitrogens is 2. The molecule has 0 saturated carbocycles. The zero-order chi connectivity index (χ0) is 9.42. The molecule has 13 heavy (non-hydrogen) atoms. The van der Waals surface area contributed by atoms with Gasteiger partial charge in [-0.05, 0) is 4.98 Å². The molecule has 2 rings (SSSR count). The molecule has 0 atom stereocenters. The highest BCUT2D eigenvalue weighted by Gasteiger charge is 2.15. The number of aromatic carboxylic acids is 1. The molecule has 0 amide bonds. The summed E-state index contributed by atoms with van der Waals surface area (Å²) in [6, 6.07) is 0. The Hall–Kier alpha value is -1.62. The van der Waals surface area contributed by atoms with Crippen molar-refractivity contribution in [3.05, 3.63) is 23.2 Å². The molecule has 66 valence electrons. The lowest BCUT2D eigenvalue weighted by Gasteiger charge is -1.85. The number of fused-ring (bicyclic) bond motifs is 1. The van der Waals surface area contributed by atoms with Crippen molar-refractivity contribution in [2.24, 2.45) is 0 Å². The van der Waals surface area contributed by atoms with E-state index in [1.54, 1.807) is 0 Å². The standard InChI is InChI=1S/C7H4ClN3O2/c8-7-10-1-3-4(6(12)13)2-9-5(3)11-7/h1-2H,(H,12,13)(H,9,10,11)/p+1. The smallest absolute Gasteiger partial charge is 0.395 e. The topological polar surface area (TPSA) is 80.1 Å². The van der Waals surface area contributed by atoms with E-state index in [1.165, 1.54) is 12.4 Å². The van der Waals surface area contributed by atoms with Gasteiger partial charge in [-0.25, -0.2) is 9.78 Å². The summed E-state index contributed by atoms with van der Waals surface area (Å²) < 4.78 is 0. The molecule has 2 aromatic rings. The van der Waals surface area contributed by atoms with Crippen molar-refractivity contribution in [1.29, 1.82) is 0 Å². The number of hydrogen-bond acceptors (Lipinski definition) is 2. The maximum atomic E-state index is 10.7. The van der Waals surface area contributed by atoms with E-state index in [-0.39, 0.29) is 10.8 Å². The first kappa shape index (κ1) is 8.00. The van der Waals surface area contributed by atoms with E-state index >= 15 is 0 Å². The van der Waals surface area contributed by atoms with E-state index in [1.807, 2.05) is 0 Å². The van der Waals surface area contributed by atoms with Gasteiger partial charge in [-0.1, -0.05) is 0 Å². The number of nitrogens with one attached hydrogen (secondary N) is 2. The summed E-state index contributed by atoms with van der Waals surface area (Å²) in [5.74, 6) is -0.997. The zero-order valence-corrected chi connectivity index (χ0v) is 7.09. The first-order chi connectivity index (χ1) is 6.18. The first-order valence-corrected chi connectivity index (χ1v) is 3.85. The van der Waals surface area contributed by atoms with Crippen LogP contribution in [0.2, 0.25) is 5.28 Å². The molecule has 0 aliphatic carbocycles. The summed E-state index contributed by atoms with van der Waals surface area (Å²) in [6.45, 7) is 0. The fraction of sp³-hybridized carbons (Fsp3) is 0. The molecule has 0 spiro atoms. The Morgan fingerprint density at radius 3 is 3.15 bits per heavy atom.